The number of alkyl halides is 3. The number of nitrogens with zero attached hydrogens (tertiary/aromatic N) is 1. The molecule has 0 aliphatic carbocycles. The monoisotopic (exact) mass is 371 g/mol. The van der Waals surface area contributed by atoms with Crippen LogP contribution in [0.3, 0.4) is 0 Å². The lowest BCUT2D eigenvalue weighted by molar-refractivity contribution is -0.137. The molecule has 3 rings (SSSR count). The van der Waals surface area contributed by atoms with Gasteiger partial charge in [0.2, 0.25) is 0 Å². The van der Waals surface area contributed by atoms with Gasteiger partial charge in [-0.25, -0.2) is 0 Å². The lowest BCUT2D eigenvalue weighted by Gasteiger charge is -2.16. The summed E-state index contributed by atoms with van der Waals surface area (Å²) in [5.41, 5.74) is 2.25. The van der Waals surface area contributed by atoms with E-state index >= 15 is 0 Å². The van der Waals surface area contributed by atoms with Gasteiger partial charge in [-0.2, -0.15) is 13.2 Å². The van der Waals surface area contributed by atoms with E-state index in [0.717, 1.165) is 17.2 Å². The SMILES string of the molecule is CCc1ccc(C(F)(F)F)c(-c2ccccc2CCc2ccc(O)cc2)n1. The van der Waals surface area contributed by atoms with Gasteiger partial charge in [0, 0.05) is 11.3 Å². The summed E-state index contributed by atoms with van der Waals surface area (Å²) in [6, 6.07) is 16.5. The van der Waals surface area contributed by atoms with Crippen LogP contribution in [0.4, 0.5) is 13.2 Å². The van der Waals surface area contributed by atoms with Gasteiger partial charge >= 0.3 is 6.18 Å². The summed E-state index contributed by atoms with van der Waals surface area (Å²) in [5, 5.41) is 9.38. The highest BCUT2D eigenvalue weighted by Gasteiger charge is 2.35. The van der Waals surface area contributed by atoms with E-state index < -0.39 is 11.7 Å². The number of phenols is 1. The van der Waals surface area contributed by atoms with Gasteiger partial charge in [0.25, 0.3) is 0 Å². The fourth-order valence-corrected chi connectivity index (χ4v) is 3.04. The number of hydrogen-bond acceptors (Lipinski definition) is 2. The van der Waals surface area contributed by atoms with Crippen molar-refractivity contribution in [2.45, 2.75) is 32.4 Å². The van der Waals surface area contributed by atoms with Crippen molar-refractivity contribution in [3.63, 3.8) is 0 Å². The van der Waals surface area contributed by atoms with Crippen LogP contribution in [0.15, 0.2) is 60.7 Å². The lowest BCUT2D eigenvalue weighted by Crippen LogP contribution is -2.10. The van der Waals surface area contributed by atoms with Crippen molar-refractivity contribution < 1.29 is 18.3 Å². The Bertz CT molecular complexity index is 918. The molecule has 0 amide bonds. The zero-order valence-corrected chi connectivity index (χ0v) is 14.9. The third kappa shape index (κ3) is 4.48. The van der Waals surface area contributed by atoms with Crippen molar-refractivity contribution in [1.82, 2.24) is 4.98 Å². The molecule has 1 aromatic heterocycles. The minimum atomic E-state index is -4.46. The Morgan fingerprint density at radius 3 is 2.26 bits per heavy atom. The van der Waals surface area contributed by atoms with E-state index in [1.165, 1.54) is 6.07 Å². The number of aromatic nitrogens is 1. The van der Waals surface area contributed by atoms with Crippen LogP contribution in [-0.4, -0.2) is 10.1 Å². The molecular weight excluding hydrogens is 351 g/mol. The van der Waals surface area contributed by atoms with E-state index in [4.69, 9.17) is 0 Å². The Labute approximate surface area is 156 Å². The average Bonchev–Trinajstić information content (AvgIpc) is 2.66. The highest BCUT2D eigenvalue weighted by molar-refractivity contribution is 5.68. The van der Waals surface area contributed by atoms with E-state index in [-0.39, 0.29) is 11.4 Å². The molecule has 0 saturated heterocycles. The first-order valence-electron chi connectivity index (χ1n) is 8.81. The molecule has 0 aliphatic heterocycles. The Kier molecular flexibility index (Phi) is 5.49. The molecule has 0 unspecified atom stereocenters. The number of benzene rings is 2. The first-order chi connectivity index (χ1) is 12.9. The second-order valence-electron chi connectivity index (χ2n) is 6.37. The second-order valence-corrected chi connectivity index (χ2v) is 6.37. The number of aryl methyl sites for hydroxylation is 3. The maximum Gasteiger partial charge on any atom is 0.418 e. The molecule has 1 heterocycles. The van der Waals surface area contributed by atoms with Crippen molar-refractivity contribution in [3.05, 3.63) is 83.0 Å². The quantitative estimate of drug-likeness (QED) is 0.613. The third-order valence-corrected chi connectivity index (χ3v) is 4.51. The normalized spacial score (nSPS) is 11.6. The third-order valence-electron chi connectivity index (χ3n) is 4.51. The summed E-state index contributed by atoms with van der Waals surface area (Å²) >= 11 is 0. The fourth-order valence-electron chi connectivity index (χ4n) is 3.04. The zero-order chi connectivity index (χ0) is 19.4. The van der Waals surface area contributed by atoms with Crippen LogP contribution in [0.1, 0.15) is 29.3 Å². The van der Waals surface area contributed by atoms with Crippen LogP contribution < -0.4 is 0 Å². The summed E-state index contributed by atoms with van der Waals surface area (Å²) in [5.74, 6) is 0.189. The van der Waals surface area contributed by atoms with Gasteiger partial charge in [-0.1, -0.05) is 43.3 Å². The first kappa shape index (κ1) is 19.0. The van der Waals surface area contributed by atoms with Crippen molar-refractivity contribution in [1.29, 1.82) is 0 Å². The summed E-state index contributed by atoms with van der Waals surface area (Å²) < 4.78 is 40.6. The Hall–Kier alpha value is -2.82. The molecular formula is C22H20F3NO. The molecule has 1 N–H and O–H groups in total. The number of phenolic OH excluding ortho intramolecular Hbond substituents is 1. The Morgan fingerprint density at radius 2 is 1.59 bits per heavy atom. The van der Waals surface area contributed by atoms with Gasteiger partial charge in [-0.3, -0.25) is 4.98 Å². The fraction of sp³-hybridized carbons (Fsp3) is 0.227. The van der Waals surface area contributed by atoms with Gasteiger partial charge in [-0.15, -0.1) is 0 Å². The molecule has 0 radical (unpaired) electrons. The van der Waals surface area contributed by atoms with Crippen LogP contribution in [0, 0.1) is 0 Å². The molecule has 0 bridgehead atoms. The molecule has 2 nitrogen and oxygen atoms in total. The van der Waals surface area contributed by atoms with Gasteiger partial charge in [0.15, 0.2) is 0 Å². The summed E-state index contributed by atoms with van der Waals surface area (Å²) in [7, 11) is 0. The molecule has 5 heteroatoms. The van der Waals surface area contributed by atoms with Crippen LogP contribution in [-0.2, 0) is 25.4 Å². The van der Waals surface area contributed by atoms with E-state index in [2.05, 4.69) is 4.98 Å². The summed E-state index contributed by atoms with van der Waals surface area (Å²) in [6.45, 7) is 1.87. The van der Waals surface area contributed by atoms with Crippen molar-refractivity contribution >= 4 is 0 Å². The molecule has 0 fully saturated rings. The minimum absolute atomic E-state index is 0.0110. The van der Waals surface area contributed by atoms with Crippen LogP contribution in [0.2, 0.25) is 0 Å². The predicted molar refractivity (Wildman–Crippen MR) is 99.6 cm³/mol. The Balaban J connectivity index is 1.99. The van der Waals surface area contributed by atoms with Crippen LogP contribution in [0.5, 0.6) is 5.75 Å². The maximum atomic E-state index is 13.5. The van der Waals surface area contributed by atoms with Crippen molar-refractivity contribution in [2.24, 2.45) is 0 Å². The number of halogens is 3. The van der Waals surface area contributed by atoms with Gasteiger partial charge in [0.1, 0.15) is 5.75 Å². The van der Waals surface area contributed by atoms with E-state index in [0.29, 0.717) is 30.5 Å². The molecule has 140 valence electrons. The Morgan fingerprint density at radius 1 is 0.889 bits per heavy atom. The van der Waals surface area contributed by atoms with E-state index in [9.17, 15) is 18.3 Å². The van der Waals surface area contributed by atoms with Gasteiger partial charge in [-0.05, 0) is 54.7 Å². The first-order valence-corrected chi connectivity index (χ1v) is 8.81. The number of hydrogen-bond donors (Lipinski definition) is 1. The zero-order valence-electron chi connectivity index (χ0n) is 14.9. The van der Waals surface area contributed by atoms with Gasteiger partial charge < -0.3 is 5.11 Å². The maximum absolute atomic E-state index is 13.5. The lowest BCUT2D eigenvalue weighted by atomic mass is 9.95. The van der Waals surface area contributed by atoms with Crippen LogP contribution in [0.25, 0.3) is 11.3 Å². The van der Waals surface area contributed by atoms with E-state index in [1.807, 2.05) is 31.2 Å². The molecule has 0 spiro atoms. The largest absolute Gasteiger partial charge is 0.508 e. The smallest absolute Gasteiger partial charge is 0.418 e. The summed E-state index contributed by atoms with van der Waals surface area (Å²) in [6.07, 6.45) is -2.65. The minimum Gasteiger partial charge on any atom is -0.508 e. The van der Waals surface area contributed by atoms with Crippen molar-refractivity contribution in [3.8, 4) is 17.0 Å². The molecule has 0 atom stereocenters. The van der Waals surface area contributed by atoms with Gasteiger partial charge in [0.05, 0.1) is 11.3 Å². The molecule has 2 aromatic carbocycles. The van der Waals surface area contributed by atoms with Crippen molar-refractivity contribution in [2.75, 3.05) is 0 Å². The van der Waals surface area contributed by atoms with Crippen LogP contribution >= 0.6 is 0 Å². The topological polar surface area (TPSA) is 33.1 Å². The number of pyridine rings is 1. The average molecular weight is 371 g/mol. The predicted octanol–water partition coefficient (Wildman–Crippen LogP) is 5.82. The van der Waals surface area contributed by atoms with E-state index in [1.54, 1.807) is 24.3 Å². The number of aromatic hydroxyl groups is 1. The summed E-state index contributed by atoms with van der Waals surface area (Å²) in [4.78, 5) is 4.30. The molecule has 27 heavy (non-hydrogen) atoms. The molecule has 0 saturated carbocycles. The molecule has 3 aromatic rings. The number of rotatable bonds is 5. The highest BCUT2D eigenvalue weighted by atomic mass is 19.4. The highest BCUT2D eigenvalue weighted by Crippen LogP contribution is 2.37. The second kappa shape index (κ2) is 7.82. The molecule has 0 aliphatic rings. The standard InChI is InChI=1S/C22H20F3NO/c1-2-17-11-14-20(22(23,24)25)21(26-17)19-6-4-3-5-16(19)10-7-15-8-12-18(27)13-9-15/h3-6,8-9,11-14,27H,2,7,10H2,1H3.